The van der Waals surface area contributed by atoms with Crippen LogP contribution in [0.25, 0.3) is 0 Å². The number of carbonyl (C=O) groups is 2. The molecule has 0 aliphatic heterocycles. The maximum absolute atomic E-state index is 12.5. The van der Waals surface area contributed by atoms with Gasteiger partial charge in [-0.3, -0.25) is 4.79 Å². The van der Waals surface area contributed by atoms with Crippen molar-refractivity contribution >= 4 is 23.2 Å². The number of rotatable bonds is 7. The fraction of sp³-hybridized carbons (Fsp3) is 0.143. The van der Waals surface area contributed by atoms with Crippen molar-refractivity contribution in [3.8, 4) is 0 Å². The van der Waals surface area contributed by atoms with Crippen molar-refractivity contribution in [3.63, 3.8) is 0 Å². The number of ether oxygens (including phenoxy) is 1. The standard InChI is InChI=1S/C21H19NO3S/c23-19(17-10-5-2-6-11-17)14-18(20-12-7-13-26-20)22-21(24)25-15-16-8-3-1-4-9-16/h1-13,18H,14-15H2,(H,22,24). The van der Waals surface area contributed by atoms with E-state index in [4.69, 9.17) is 4.74 Å². The number of carbonyl (C=O) groups excluding carboxylic acids is 2. The van der Waals surface area contributed by atoms with Crippen molar-refractivity contribution in [2.75, 3.05) is 0 Å². The first-order chi connectivity index (χ1) is 12.7. The van der Waals surface area contributed by atoms with Crippen LogP contribution >= 0.6 is 11.3 Å². The molecule has 0 spiro atoms. The van der Waals surface area contributed by atoms with Gasteiger partial charge in [0, 0.05) is 16.9 Å². The van der Waals surface area contributed by atoms with Gasteiger partial charge in [-0.1, -0.05) is 66.7 Å². The van der Waals surface area contributed by atoms with Crippen molar-refractivity contribution in [2.45, 2.75) is 19.1 Å². The quantitative estimate of drug-likeness (QED) is 0.600. The first kappa shape index (κ1) is 17.9. The third-order valence-corrected chi connectivity index (χ3v) is 4.86. The van der Waals surface area contributed by atoms with Crippen LogP contribution in [-0.4, -0.2) is 11.9 Å². The molecule has 0 saturated heterocycles. The number of Topliss-reactive ketones (excluding diaryl/α,β-unsaturated/α-hetero) is 1. The minimum atomic E-state index is -0.534. The third-order valence-electron chi connectivity index (χ3n) is 3.88. The van der Waals surface area contributed by atoms with Crippen LogP contribution in [0.15, 0.2) is 78.2 Å². The summed E-state index contributed by atoms with van der Waals surface area (Å²) in [5.41, 5.74) is 1.55. The summed E-state index contributed by atoms with van der Waals surface area (Å²) in [4.78, 5) is 25.6. The maximum Gasteiger partial charge on any atom is 0.407 e. The molecule has 0 radical (unpaired) electrons. The Kier molecular flexibility index (Phi) is 6.17. The molecule has 132 valence electrons. The van der Waals surface area contributed by atoms with E-state index in [9.17, 15) is 9.59 Å². The number of hydrogen-bond acceptors (Lipinski definition) is 4. The summed E-state index contributed by atoms with van der Waals surface area (Å²) in [5, 5.41) is 4.74. The normalized spacial score (nSPS) is 11.5. The van der Waals surface area contributed by atoms with Gasteiger partial charge in [-0.2, -0.15) is 0 Å². The van der Waals surface area contributed by atoms with E-state index in [1.807, 2.05) is 66.0 Å². The Hall–Kier alpha value is -2.92. The van der Waals surface area contributed by atoms with Gasteiger partial charge >= 0.3 is 6.09 Å². The van der Waals surface area contributed by atoms with Gasteiger partial charge in [-0.15, -0.1) is 11.3 Å². The lowest BCUT2D eigenvalue weighted by Crippen LogP contribution is -2.30. The minimum absolute atomic E-state index is 0.0210. The van der Waals surface area contributed by atoms with Crippen LogP contribution in [0.2, 0.25) is 0 Å². The molecule has 1 amide bonds. The Balaban J connectivity index is 1.63. The van der Waals surface area contributed by atoms with E-state index in [1.54, 1.807) is 12.1 Å². The predicted octanol–water partition coefficient (Wildman–Crippen LogP) is 4.99. The topological polar surface area (TPSA) is 55.4 Å². The van der Waals surface area contributed by atoms with Gasteiger partial charge in [-0.05, 0) is 17.0 Å². The van der Waals surface area contributed by atoms with Gasteiger partial charge in [0.2, 0.25) is 0 Å². The molecular formula is C21H19NO3S. The summed E-state index contributed by atoms with van der Waals surface area (Å²) in [7, 11) is 0. The van der Waals surface area contributed by atoms with E-state index < -0.39 is 12.1 Å². The molecule has 0 saturated carbocycles. The van der Waals surface area contributed by atoms with Crippen molar-refractivity contribution in [1.29, 1.82) is 0 Å². The Labute approximate surface area is 156 Å². The third kappa shape index (κ3) is 5.04. The van der Waals surface area contributed by atoms with E-state index in [1.165, 1.54) is 11.3 Å². The average molecular weight is 365 g/mol. The summed E-state index contributed by atoms with van der Waals surface area (Å²) < 4.78 is 5.29. The molecule has 4 nitrogen and oxygen atoms in total. The molecule has 1 heterocycles. The van der Waals surface area contributed by atoms with E-state index in [-0.39, 0.29) is 18.8 Å². The van der Waals surface area contributed by atoms with Gasteiger partial charge in [-0.25, -0.2) is 4.79 Å². The smallest absolute Gasteiger partial charge is 0.407 e. The van der Waals surface area contributed by atoms with Gasteiger partial charge in [0.15, 0.2) is 5.78 Å². The van der Waals surface area contributed by atoms with Crippen LogP contribution in [0.5, 0.6) is 0 Å². The van der Waals surface area contributed by atoms with E-state index in [0.29, 0.717) is 5.56 Å². The van der Waals surface area contributed by atoms with Gasteiger partial charge in [0.05, 0.1) is 6.04 Å². The van der Waals surface area contributed by atoms with Crippen LogP contribution in [0.3, 0.4) is 0 Å². The highest BCUT2D eigenvalue weighted by Gasteiger charge is 2.21. The number of benzene rings is 2. The molecule has 5 heteroatoms. The molecular weight excluding hydrogens is 346 g/mol. The SMILES string of the molecule is O=C(NC(CC(=O)c1ccccc1)c1cccs1)OCc1ccccc1. The molecule has 0 bridgehead atoms. The number of amides is 1. The maximum atomic E-state index is 12.5. The zero-order valence-electron chi connectivity index (χ0n) is 14.1. The summed E-state index contributed by atoms with van der Waals surface area (Å²) in [5.74, 6) is -0.0210. The first-order valence-corrected chi connectivity index (χ1v) is 9.19. The highest BCUT2D eigenvalue weighted by molar-refractivity contribution is 7.10. The summed E-state index contributed by atoms with van der Waals surface area (Å²) in [6.07, 6.45) is -0.349. The highest BCUT2D eigenvalue weighted by Crippen LogP contribution is 2.24. The second-order valence-electron chi connectivity index (χ2n) is 5.77. The lowest BCUT2D eigenvalue weighted by Gasteiger charge is -2.17. The molecule has 1 atom stereocenters. The molecule has 1 unspecified atom stereocenters. The van der Waals surface area contributed by atoms with E-state index >= 15 is 0 Å². The van der Waals surface area contributed by atoms with E-state index in [0.717, 1.165) is 10.4 Å². The van der Waals surface area contributed by atoms with Crippen LogP contribution in [0.1, 0.15) is 33.3 Å². The Morgan fingerprint density at radius 1 is 0.923 bits per heavy atom. The van der Waals surface area contributed by atoms with Gasteiger partial charge in [0.25, 0.3) is 0 Å². The van der Waals surface area contributed by atoms with Crippen molar-refractivity contribution in [2.24, 2.45) is 0 Å². The number of hydrogen-bond donors (Lipinski definition) is 1. The number of thiophene rings is 1. The number of nitrogens with one attached hydrogen (secondary N) is 1. The minimum Gasteiger partial charge on any atom is -0.445 e. The lowest BCUT2D eigenvalue weighted by molar-refractivity contribution is 0.0963. The Bertz CT molecular complexity index is 832. The Morgan fingerprint density at radius 2 is 1.62 bits per heavy atom. The lowest BCUT2D eigenvalue weighted by atomic mass is 10.0. The summed E-state index contributed by atoms with van der Waals surface area (Å²) >= 11 is 1.50. The Morgan fingerprint density at radius 3 is 2.27 bits per heavy atom. The summed E-state index contributed by atoms with van der Waals surface area (Å²) in [6, 6.07) is 22.0. The molecule has 3 aromatic rings. The summed E-state index contributed by atoms with van der Waals surface area (Å²) in [6.45, 7) is 0.191. The highest BCUT2D eigenvalue weighted by atomic mass is 32.1. The van der Waals surface area contributed by atoms with Gasteiger partial charge in [0.1, 0.15) is 6.61 Å². The zero-order valence-corrected chi connectivity index (χ0v) is 14.9. The monoisotopic (exact) mass is 365 g/mol. The molecule has 0 fully saturated rings. The van der Waals surface area contributed by atoms with Crippen molar-refractivity contribution in [3.05, 3.63) is 94.2 Å². The van der Waals surface area contributed by atoms with Crippen molar-refractivity contribution < 1.29 is 14.3 Å². The number of alkyl carbamates (subject to hydrolysis) is 1. The van der Waals surface area contributed by atoms with Crippen LogP contribution in [0, 0.1) is 0 Å². The average Bonchev–Trinajstić information content (AvgIpc) is 3.22. The zero-order chi connectivity index (χ0) is 18.2. The molecule has 1 N–H and O–H groups in total. The molecule has 26 heavy (non-hydrogen) atoms. The largest absolute Gasteiger partial charge is 0.445 e. The fourth-order valence-corrected chi connectivity index (χ4v) is 3.32. The fourth-order valence-electron chi connectivity index (χ4n) is 2.55. The first-order valence-electron chi connectivity index (χ1n) is 8.31. The molecule has 1 aromatic heterocycles. The van der Waals surface area contributed by atoms with Crippen LogP contribution < -0.4 is 5.32 Å². The molecule has 0 aliphatic carbocycles. The van der Waals surface area contributed by atoms with Crippen molar-refractivity contribution in [1.82, 2.24) is 5.32 Å². The van der Waals surface area contributed by atoms with E-state index in [2.05, 4.69) is 5.32 Å². The van der Waals surface area contributed by atoms with Gasteiger partial charge < -0.3 is 10.1 Å². The molecule has 2 aromatic carbocycles. The second kappa shape index (κ2) is 8.97. The second-order valence-corrected chi connectivity index (χ2v) is 6.75. The number of ketones is 1. The molecule has 3 rings (SSSR count). The molecule has 0 aliphatic rings. The van der Waals surface area contributed by atoms with Crippen LogP contribution in [0.4, 0.5) is 4.79 Å². The predicted molar refractivity (Wildman–Crippen MR) is 102 cm³/mol. The van der Waals surface area contributed by atoms with Crippen LogP contribution in [-0.2, 0) is 11.3 Å².